The first-order valence-corrected chi connectivity index (χ1v) is 7.69. The number of amides is 1. The molecular weight excluding hydrogens is 304 g/mol. The van der Waals surface area contributed by atoms with Gasteiger partial charge in [0.05, 0.1) is 12.1 Å². The average Bonchev–Trinajstić information content (AvgIpc) is 3.15. The molecule has 2 rings (SSSR count). The third-order valence-electron chi connectivity index (χ3n) is 4.06. The van der Waals surface area contributed by atoms with Crippen molar-refractivity contribution in [2.45, 2.75) is 44.2 Å². The van der Waals surface area contributed by atoms with Crippen molar-refractivity contribution < 1.29 is 29.7 Å². The van der Waals surface area contributed by atoms with Crippen LogP contribution in [0.25, 0.3) is 0 Å². The molecule has 2 fully saturated rings. The summed E-state index contributed by atoms with van der Waals surface area (Å²) in [6, 6.07) is -0.486. The summed E-state index contributed by atoms with van der Waals surface area (Å²) in [7, 11) is 0. The maximum Gasteiger partial charge on any atom is 0.328 e. The first kappa shape index (κ1) is 19.1. The van der Waals surface area contributed by atoms with Gasteiger partial charge in [-0.05, 0) is 25.7 Å². The fourth-order valence-electron chi connectivity index (χ4n) is 2.86. The zero-order chi connectivity index (χ0) is 17.4. The lowest BCUT2D eigenvalue weighted by molar-refractivity contribution is -0.134. The molecular formula is C15H24N2O6. The molecule has 1 amide bonds. The van der Waals surface area contributed by atoms with Crippen molar-refractivity contribution in [1.29, 1.82) is 0 Å². The van der Waals surface area contributed by atoms with E-state index in [9.17, 15) is 19.5 Å². The van der Waals surface area contributed by atoms with Gasteiger partial charge in [0.2, 0.25) is 5.91 Å². The van der Waals surface area contributed by atoms with Gasteiger partial charge in [0.1, 0.15) is 0 Å². The molecule has 130 valence electrons. The predicted octanol–water partition coefficient (Wildman–Crippen LogP) is -0.191. The predicted molar refractivity (Wildman–Crippen MR) is 81.5 cm³/mol. The number of nitrogens with zero attached hydrogens (tertiary/aromatic N) is 1. The quantitative estimate of drug-likeness (QED) is 0.524. The van der Waals surface area contributed by atoms with Crippen LogP contribution in [0.15, 0.2) is 12.2 Å². The number of rotatable bonds is 4. The van der Waals surface area contributed by atoms with Gasteiger partial charge < -0.3 is 26.0 Å². The largest absolute Gasteiger partial charge is 0.478 e. The third-order valence-corrected chi connectivity index (χ3v) is 4.06. The van der Waals surface area contributed by atoms with E-state index in [2.05, 4.69) is 0 Å². The molecule has 0 radical (unpaired) electrons. The molecule has 1 aliphatic carbocycles. The summed E-state index contributed by atoms with van der Waals surface area (Å²) >= 11 is 0. The first-order valence-electron chi connectivity index (χ1n) is 7.69. The molecule has 0 aromatic carbocycles. The zero-order valence-electron chi connectivity index (χ0n) is 12.9. The second kappa shape index (κ2) is 9.26. The van der Waals surface area contributed by atoms with Crippen LogP contribution >= 0.6 is 0 Å². The highest BCUT2D eigenvalue weighted by atomic mass is 16.4. The molecule has 0 unspecified atom stereocenters. The van der Waals surface area contributed by atoms with Gasteiger partial charge in [-0.25, -0.2) is 9.59 Å². The normalized spacial score (nSPS) is 25.0. The monoisotopic (exact) mass is 328 g/mol. The van der Waals surface area contributed by atoms with Crippen molar-refractivity contribution in [3.05, 3.63) is 12.2 Å². The van der Waals surface area contributed by atoms with Crippen molar-refractivity contribution in [2.24, 2.45) is 11.7 Å². The number of carboxylic acids is 2. The van der Waals surface area contributed by atoms with Crippen LogP contribution in [0.1, 0.15) is 32.1 Å². The van der Waals surface area contributed by atoms with E-state index in [1.165, 1.54) is 0 Å². The van der Waals surface area contributed by atoms with E-state index in [4.69, 9.17) is 15.9 Å². The number of aliphatic hydroxyl groups excluding tert-OH is 1. The molecule has 1 heterocycles. The minimum Gasteiger partial charge on any atom is -0.478 e. The molecule has 2 aliphatic rings. The number of likely N-dealkylation sites (tertiary alicyclic amines) is 1. The van der Waals surface area contributed by atoms with Gasteiger partial charge in [-0.15, -0.1) is 0 Å². The number of aliphatic carboxylic acids is 2. The summed E-state index contributed by atoms with van der Waals surface area (Å²) < 4.78 is 0. The van der Waals surface area contributed by atoms with Crippen molar-refractivity contribution >= 4 is 17.8 Å². The first-order chi connectivity index (χ1) is 10.8. The van der Waals surface area contributed by atoms with Gasteiger partial charge in [-0.1, -0.05) is 6.42 Å². The van der Waals surface area contributed by atoms with Crippen LogP contribution in [0.4, 0.5) is 0 Å². The second-order valence-electron chi connectivity index (χ2n) is 5.73. The average molecular weight is 328 g/mol. The Hall–Kier alpha value is -1.93. The van der Waals surface area contributed by atoms with E-state index in [-0.39, 0.29) is 17.9 Å². The minimum atomic E-state index is -1.26. The topological polar surface area (TPSA) is 141 Å². The van der Waals surface area contributed by atoms with Crippen LogP contribution in [0.2, 0.25) is 0 Å². The fraction of sp³-hybridized carbons (Fsp3) is 0.667. The number of hydrogen-bond donors (Lipinski definition) is 4. The van der Waals surface area contributed by atoms with Gasteiger partial charge in [-0.3, -0.25) is 4.79 Å². The number of nitrogens with two attached hydrogens (primary N) is 1. The number of carbonyl (C=O) groups excluding carboxylic acids is 1. The molecule has 0 spiro atoms. The van der Waals surface area contributed by atoms with E-state index in [0.29, 0.717) is 12.2 Å². The Labute approximate surface area is 134 Å². The van der Waals surface area contributed by atoms with Crippen molar-refractivity contribution in [3.63, 3.8) is 0 Å². The molecule has 0 aromatic rings. The van der Waals surface area contributed by atoms with Crippen LogP contribution in [0.5, 0.6) is 0 Å². The third kappa shape index (κ3) is 6.37. The summed E-state index contributed by atoms with van der Waals surface area (Å²) in [5.41, 5.74) is 5.94. The number of aliphatic hydroxyl groups is 1. The van der Waals surface area contributed by atoms with Crippen molar-refractivity contribution in [1.82, 2.24) is 4.90 Å². The van der Waals surface area contributed by atoms with Crippen LogP contribution < -0.4 is 5.73 Å². The molecule has 8 nitrogen and oxygen atoms in total. The lowest BCUT2D eigenvalue weighted by atomic mass is 9.96. The molecule has 1 saturated heterocycles. The highest BCUT2D eigenvalue weighted by Crippen LogP contribution is 2.28. The second-order valence-corrected chi connectivity index (χ2v) is 5.73. The van der Waals surface area contributed by atoms with Gasteiger partial charge in [0, 0.05) is 31.2 Å². The van der Waals surface area contributed by atoms with E-state index in [1.807, 2.05) is 4.90 Å². The van der Waals surface area contributed by atoms with Gasteiger partial charge in [0.25, 0.3) is 0 Å². The molecule has 1 aliphatic heterocycles. The molecule has 23 heavy (non-hydrogen) atoms. The summed E-state index contributed by atoms with van der Waals surface area (Å²) in [6.45, 7) is 1.69. The number of hydrogen-bond acceptors (Lipinski definition) is 5. The molecule has 3 atom stereocenters. The Morgan fingerprint density at radius 2 is 1.52 bits per heavy atom. The zero-order valence-corrected chi connectivity index (χ0v) is 12.9. The standard InChI is InChI=1S/C11H20N2O2.C4H4O4/c12-10(8-4-3-5-9(8)14)11(15)13-6-1-2-7-13;5-3(6)1-2-4(7)8/h8-10,14H,1-7,12H2;1-2H,(H,5,6)(H,7,8)/b;2-1+/t8-,9-,10+;/m1./s1. The molecule has 8 heteroatoms. The molecule has 0 bridgehead atoms. The SMILES string of the molecule is N[C@H](C(=O)N1CCCC1)[C@@H]1CCC[C@H]1O.O=C(O)/C=C/C(=O)O. The van der Waals surface area contributed by atoms with Crippen LogP contribution in [0.3, 0.4) is 0 Å². The van der Waals surface area contributed by atoms with Crippen molar-refractivity contribution in [2.75, 3.05) is 13.1 Å². The van der Waals surface area contributed by atoms with E-state index in [1.54, 1.807) is 0 Å². The van der Waals surface area contributed by atoms with Crippen LogP contribution in [0, 0.1) is 5.92 Å². The number of carboxylic acid groups (broad SMARTS) is 2. The van der Waals surface area contributed by atoms with Gasteiger partial charge >= 0.3 is 11.9 Å². The number of carbonyl (C=O) groups is 3. The minimum absolute atomic E-state index is 0.0156. The smallest absolute Gasteiger partial charge is 0.328 e. The Bertz CT molecular complexity index is 443. The molecule has 5 N–H and O–H groups in total. The Morgan fingerprint density at radius 3 is 1.91 bits per heavy atom. The molecule has 0 aromatic heterocycles. The highest BCUT2D eigenvalue weighted by Gasteiger charge is 2.36. The van der Waals surface area contributed by atoms with E-state index < -0.39 is 18.0 Å². The lowest BCUT2D eigenvalue weighted by Crippen LogP contribution is -2.48. The summed E-state index contributed by atoms with van der Waals surface area (Å²) in [5.74, 6) is -2.49. The van der Waals surface area contributed by atoms with Crippen molar-refractivity contribution in [3.8, 4) is 0 Å². The van der Waals surface area contributed by atoms with Gasteiger partial charge in [-0.2, -0.15) is 0 Å². The van der Waals surface area contributed by atoms with Crippen LogP contribution in [-0.2, 0) is 14.4 Å². The maximum absolute atomic E-state index is 12.0. The Morgan fingerprint density at radius 1 is 1.00 bits per heavy atom. The summed E-state index contributed by atoms with van der Waals surface area (Å²) in [5, 5.41) is 25.3. The Kier molecular flexibility index (Phi) is 7.70. The fourth-order valence-corrected chi connectivity index (χ4v) is 2.86. The Balaban J connectivity index is 0.000000284. The summed E-state index contributed by atoms with van der Waals surface area (Å²) in [6.07, 6.45) is 5.61. The molecule has 1 saturated carbocycles. The highest BCUT2D eigenvalue weighted by molar-refractivity contribution is 5.89. The van der Waals surface area contributed by atoms with E-state index in [0.717, 1.165) is 45.2 Å². The van der Waals surface area contributed by atoms with Crippen LogP contribution in [-0.4, -0.2) is 63.3 Å². The maximum atomic E-state index is 12.0. The van der Waals surface area contributed by atoms with E-state index >= 15 is 0 Å². The lowest BCUT2D eigenvalue weighted by Gasteiger charge is -2.26. The summed E-state index contributed by atoms with van der Waals surface area (Å²) in [4.78, 5) is 32.9. The van der Waals surface area contributed by atoms with Gasteiger partial charge in [0.15, 0.2) is 0 Å².